The fourth-order valence-corrected chi connectivity index (χ4v) is 1.63. The maximum atomic E-state index is 13.5. The van der Waals surface area contributed by atoms with E-state index in [-0.39, 0.29) is 11.4 Å². The second-order valence-electron chi connectivity index (χ2n) is 4.20. The molecular weight excluding hydrogens is 222 g/mol. The first kappa shape index (κ1) is 11.7. The van der Waals surface area contributed by atoms with Gasteiger partial charge in [0.1, 0.15) is 0 Å². The molecule has 0 bridgehead atoms. The molecule has 0 aromatic heterocycles. The van der Waals surface area contributed by atoms with Crippen molar-refractivity contribution in [1.29, 1.82) is 0 Å². The quantitative estimate of drug-likeness (QED) is 0.716. The number of carbonyl (C=O) groups is 1. The van der Waals surface area contributed by atoms with Crippen molar-refractivity contribution in [2.24, 2.45) is 0 Å². The molecule has 0 aliphatic heterocycles. The van der Waals surface area contributed by atoms with Crippen LogP contribution >= 0.6 is 0 Å². The summed E-state index contributed by atoms with van der Waals surface area (Å²) in [6.07, 6.45) is 1.68. The van der Waals surface area contributed by atoms with E-state index in [0.29, 0.717) is 5.56 Å². The molecule has 3 heteroatoms. The smallest absolute Gasteiger partial charge is 0.192 e. The van der Waals surface area contributed by atoms with Gasteiger partial charge in [0.15, 0.2) is 17.6 Å². The molecule has 0 spiro atoms. The fraction of sp³-hybridized carbons (Fsp3) is 0.214. The summed E-state index contributed by atoms with van der Waals surface area (Å²) in [7, 11) is 0. The summed E-state index contributed by atoms with van der Waals surface area (Å²) in [6, 6.07) is 8.54. The molecule has 2 unspecified atom stereocenters. The van der Waals surface area contributed by atoms with Crippen LogP contribution in [-0.4, -0.2) is 17.6 Å². The minimum absolute atomic E-state index is 0.193. The van der Waals surface area contributed by atoms with Gasteiger partial charge in [-0.05, 0) is 19.1 Å². The van der Waals surface area contributed by atoms with Gasteiger partial charge in [0.2, 0.25) is 0 Å². The van der Waals surface area contributed by atoms with Gasteiger partial charge in [-0.3, -0.25) is 4.79 Å². The third kappa shape index (κ3) is 2.33. The number of benzene rings is 1. The Kier molecular flexibility index (Phi) is 2.92. The van der Waals surface area contributed by atoms with Crippen LogP contribution in [0.4, 0.5) is 8.78 Å². The van der Waals surface area contributed by atoms with Crippen LogP contribution in [0, 0.1) is 0 Å². The van der Waals surface area contributed by atoms with Crippen LogP contribution in [0.3, 0.4) is 0 Å². The first-order valence-corrected chi connectivity index (χ1v) is 5.34. The first-order chi connectivity index (χ1) is 8.00. The highest BCUT2D eigenvalue weighted by Gasteiger charge is 2.34. The standard InChI is InChI=1S/C14H12F2O/c1-14(16)8-7-11(9-12(14)15)13(17)10-5-3-2-4-6-10/h2-9,12H,1H3. The second-order valence-corrected chi connectivity index (χ2v) is 4.20. The van der Waals surface area contributed by atoms with Crippen LogP contribution in [0.5, 0.6) is 0 Å². The highest BCUT2D eigenvalue weighted by Crippen LogP contribution is 2.28. The number of carbonyl (C=O) groups excluding carboxylic acids is 1. The van der Waals surface area contributed by atoms with E-state index in [1.807, 2.05) is 0 Å². The highest BCUT2D eigenvalue weighted by atomic mass is 19.2. The number of Topliss-reactive ketones (excluding diaryl/α,β-unsaturated/α-hetero) is 1. The number of rotatable bonds is 2. The lowest BCUT2D eigenvalue weighted by molar-refractivity contribution is 0.102. The predicted octanol–water partition coefficient (Wildman–Crippen LogP) is 3.43. The predicted molar refractivity (Wildman–Crippen MR) is 62.4 cm³/mol. The SMILES string of the molecule is CC1(F)C=CC(C(=O)c2ccccc2)=CC1F. The summed E-state index contributed by atoms with van der Waals surface area (Å²) in [6.45, 7) is 1.15. The van der Waals surface area contributed by atoms with Gasteiger partial charge in [0.05, 0.1) is 0 Å². The van der Waals surface area contributed by atoms with E-state index in [1.54, 1.807) is 30.3 Å². The Hall–Kier alpha value is -1.77. The zero-order valence-electron chi connectivity index (χ0n) is 9.36. The van der Waals surface area contributed by atoms with E-state index in [1.165, 1.54) is 6.08 Å². The number of allylic oxidation sites excluding steroid dienone is 4. The maximum absolute atomic E-state index is 13.5. The Labute approximate surface area is 98.5 Å². The first-order valence-electron chi connectivity index (χ1n) is 5.34. The van der Waals surface area contributed by atoms with E-state index in [4.69, 9.17) is 0 Å². The summed E-state index contributed by atoms with van der Waals surface area (Å²) in [5.41, 5.74) is -1.36. The number of hydrogen-bond acceptors (Lipinski definition) is 1. The van der Waals surface area contributed by atoms with Gasteiger partial charge in [-0.25, -0.2) is 8.78 Å². The van der Waals surface area contributed by atoms with Gasteiger partial charge in [0.25, 0.3) is 0 Å². The van der Waals surface area contributed by atoms with Crippen molar-refractivity contribution < 1.29 is 13.6 Å². The molecule has 1 aliphatic carbocycles. The molecular formula is C14H12F2O. The van der Waals surface area contributed by atoms with E-state index in [2.05, 4.69) is 0 Å². The Bertz CT molecular complexity index is 486. The average molecular weight is 234 g/mol. The van der Waals surface area contributed by atoms with Gasteiger partial charge in [0, 0.05) is 11.1 Å². The molecule has 17 heavy (non-hydrogen) atoms. The molecule has 0 saturated heterocycles. The molecule has 0 heterocycles. The molecule has 2 rings (SSSR count). The summed E-state index contributed by atoms with van der Waals surface area (Å²) in [5.74, 6) is -0.292. The summed E-state index contributed by atoms with van der Waals surface area (Å²) >= 11 is 0. The number of ketones is 1. The van der Waals surface area contributed by atoms with E-state index >= 15 is 0 Å². The van der Waals surface area contributed by atoms with Crippen LogP contribution in [0.1, 0.15) is 17.3 Å². The molecule has 0 amide bonds. The lowest BCUT2D eigenvalue weighted by Crippen LogP contribution is -2.30. The largest absolute Gasteiger partial charge is 0.289 e. The number of hydrogen-bond donors (Lipinski definition) is 0. The molecule has 0 N–H and O–H groups in total. The number of alkyl halides is 2. The van der Waals surface area contributed by atoms with Crippen LogP contribution in [-0.2, 0) is 0 Å². The van der Waals surface area contributed by atoms with Crippen molar-refractivity contribution in [3.8, 4) is 0 Å². The highest BCUT2D eigenvalue weighted by molar-refractivity contribution is 6.10. The van der Waals surface area contributed by atoms with E-state index in [0.717, 1.165) is 19.1 Å². The average Bonchev–Trinajstić information content (AvgIpc) is 2.33. The van der Waals surface area contributed by atoms with Crippen LogP contribution in [0.25, 0.3) is 0 Å². The third-order valence-corrected chi connectivity index (χ3v) is 2.75. The minimum Gasteiger partial charge on any atom is -0.289 e. The lowest BCUT2D eigenvalue weighted by atomic mass is 9.90. The van der Waals surface area contributed by atoms with Gasteiger partial charge < -0.3 is 0 Å². The van der Waals surface area contributed by atoms with Gasteiger partial charge in [-0.1, -0.05) is 36.4 Å². The van der Waals surface area contributed by atoms with Crippen LogP contribution in [0.2, 0.25) is 0 Å². The lowest BCUT2D eigenvalue weighted by Gasteiger charge is -2.22. The summed E-state index contributed by atoms with van der Waals surface area (Å²) in [4.78, 5) is 11.9. The monoisotopic (exact) mass is 234 g/mol. The van der Waals surface area contributed by atoms with Crippen molar-refractivity contribution in [3.63, 3.8) is 0 Å². The maximum Gasteiger partial charge on any atom is 0.192 e. The Morgan fingerprint density at radius 2 is 1.94 bits per heavy atom. The normalized spacial score (nSPS) is 27.7. The molecule has 1 nitrogen and oxygen atoms in total. The number of halogens is 2. The molecule has 1 aromatic carbocycles. The summed E-state index contributed by atoms with van der Waals surface area (Å²) in [5, 5.41) is 0. The molecule has 1 aromatic rings. The van der Waals surface area contributed by atoms with Crippen molar-refractivity contribution in [2.75, 3.05) is 0 Å². The minimum atomic E-state index is -2.03. The molecule has 88 valence electrons. The second kappa shape index (κ2) is 4.24. The zero-order valence-corrected chi connectivity index (χ0v) is 9.36. The van der Waals surface area contributed by atoms with Crippen molar-refractivity contribution in [1.82, 2.24) is 0 Å². The summed E-state index contributed by atoms with van der Waals surface area (Å²) < 4.78 is 26.9. The Morgan fingerprint density at radius 1 is 1.29 bits per heavy atom. The van der Waals surface area contributed by atoms with Crippen LogP contribution < -0.4 is 0 Å². The third-order valence-electron chi connectivity index (χ3n) is 2.75. The molecule has 1 aliphatic rings. The van der Waals surface area contributed by atoms with Crippen molar-refractivity contribution in [2.45, 2.75) is 18.8 Å². The Morgan fingerprint density at radius 3 is 2.53 bits per heavy atom. The van der Waals surface area contributed by atoms with Gasteiger partial charge in [-0.2, -0.15) is 0 Å². The molecule has 0 fully saturated rings. The zero-order chi connectivity index (χ0) is 12.5. The molecule has 2 atom stereocenters. The molecule has 0 saturated carbocycles. The fourth-order valence-electron chi connectivity index (χ4n) is 1.63. The van der Waals surface area contributed by atoms with Crippen molar-refractivity contribution in [3.05, 3.63) is 59.7 Å². The van der Waals surface area contributed by atoms with Gasteiger partial charge >= 0.3 is 0 Å². The van der Waals surface area contributed by atoms with Gasteiger partial charge in [-0.15, -0.1) is 0 Å². The van der Waals surface area contributed by atoms with Crippen molar-refractivity contribution >= 4 is 5.78 Å². The molecule has 0 radical (unpaired) electrons. The van der Waals surface area contributed by atoms with Crippen LogP contribution in [0.15, 0.2) is 54.1 Å². The topological polar surface area (TPSA) is 17.1 Å². The van der Waals surface area contributed by atoms with E-state index < -0.39 is 11.8 Å². The Balaban J connectivity index is 2.27. The van der Waals surface area contributed by atoms with E-state index in [9.17, 15) is 13.6 Å².